The lowest BCUT2D eigenvalue weighted by Gasteiger charge is -2.07. The smallest absolute Gasteiger partial charge is 0.256 e. The van der Waals surface area contributed by atoms with Crippen molar-refractivity contribution in [1.29, 1.82) is 0 Å². The Morgan fingerprint density at radius 3 is 2.85 bits per heavy atom. The summed E-state index contributed by atoms with van der Waals surface area (Å²) in [4.78, 5) is 16.5. The van der Waals surface area contributed by atoms with Gasteiger partial charge in [-0.25, -0.2) is 4.98 Å². The molecule has 0 aliphatic rings. The van der Waals surface area contributed by atoms with E-state index in [1.807, 2.05) is 30.3 Å². The highest BCUT2D eigenvalue weighted by atomic mass is 127. The van der Waals surface area contributed by atoms with Gasteiger partial charge in [0, 0.05) is 8.04 Å². The van der Waals surface area contributed by atoms with Crippen LogP contribution < -0.4 is 5.32 Å². The molecule has 1 amide bonds. The van der Waals surface area contributed by atoms with Crippen LogP contribution >= 0.6 is 50.3 Å². The number of hydrogen-bond donors (Lipinski definition) is 1. The zero-order valence-corrected chi connectivity index (χ0v) is 15.3. The molecule has 104 valence electrons. The summed E-state index contributed by atoms with van der Waals surface area (Å²) in [5.41, 5.74) is 1.35. The zero-order chi connectivity index (χ0) is 14.5. The summed E-state index contributed by atoms with van der Waals surface area (Å²) in [5, 5.41) is 3.82. The molecule has 0 saturated heterocycles. The summed E-state index contributed by atoms with van der Waals surface area (Å²) in [6.07, 6.45) is 1.68. The fourth-order valence-corrected chi connectivity index (χ4v) is 3.09. The standard InChI is InChI=1S/C14H12BrIN2OS/c1-2-20-13-6-4-10(8-17-13)18-14(19)11-7-9(15)3-5-12(11)16/h3-8H,2H2,1H3,(H,18,19). The van der Waals surface area contributed by atoms with E-state index in [1.165, 1.54) is 0 Å². The monoisotopic (exact) mass is 462 g/mol. The van der Waals surface area contributed by atoms with E-state index >= 15 is 0 Å². The lowest BCUT2D eigenvalue weighted by Crippen LogP contribution is -2.13. The van der Waals surface area contributed by atoms with Crippen LogP contribution in [0.25, 0.3) is 0 Å². The van der Waals surface area contributed by atoms with Crippen LogP contribution in [0.1, 0.15) is 17.3 Å². The Kier molecular flexibility index (Phi) is 5.86. The van der Waals surface area contributed by atoms with Crippen LogP contribution in [0.4, 0.5) is 5.69 Å². The number of anilines is 1. The molecule has 0 fully saturated rings. The van der Waals surface area contributed by atoms with Crippen molar-refractivity contribution in [3.05, 3.63) is 50.1 Å². The number of rotatable bonds is 4. The van der Waals surface area contributed by atoms with Crippen LogP contribution in [0.3, 0.4) is 0 Å². The predicted octanol–water partition coefficient (Wildman–Crippen LogP) is 4.81. The molecule has 2 rings (SSSR count). The van der Waals surface area contributed by atoms with Crippen molar-refractivity contribution < 1.29 is 4.79 Å². The van der Waals surface area contributed by atoms with Gasteiger partial charge in [-0.05, 0) is 58.7 Å². The van der Waals surface area contributed by atoms with Gasteiger partial charge < -0.3 is 5.32 Å². The number of thioether (sulfide) groups is 1. The maximum Gasteiger partial charge on any atom is 0.256 e. The quantitative estimate of drug-likeness (QED) is 0.523. The van der Waals surface area contributed by atoms with Gasteiger partial charge in [0.1, 0.15) is 0 Å². The van der Waals surface area contributed by atoms with E-state index < -0.39 is 0 Å². The van der Waals surface area contributed by atoms with Gasteiger partial charge in [-0.2, -0.15) is 0 Å². The Bertz CT molecular complexity index is 619. The Labute approximate surface area is 144 Å². The second-order valence-electron chi connectivity index (χ2n) is 3.90. The molecule has 6 heteroatoms. The number of amides is 1. The Morgan fingerprint density at radius 1 is 1.40 bits per heavy atom. The summed E-state index contributed by atoms with van der Waals surface area (Å²) in [6.45, 7) is 2.08. The van der Waals surface area contributed by atoms with Gasteiger partial charge in [-0.3, -0.25) is 4.79 Å². The molecular formula is C14H12BrIN2OS. The van der Waals surface area contributed by atoms with Gasteiger partial charge in [0.25, 0.3) is 5.91 Å². The van der Waals surface area contributed by atoms with Gasteiger partial charge >= 0.3 is 0 Å². The Balaban J connectivity index is 2.13. The Morgan fingerprint density at radius 2 is 2.20 bits per heavy atom. The van der Waals surface area contributed by atoms with E-state index in [1.54, 1.807) is 18.0 Å². The minimum absolute atomic E-state index is 0.131. The summed E-state index contributed by atoms with van der Waals surface area (Å²) in [6, 6.07) is 9.41. The number of carbonyl (C=O) groups is 1. The van der Waals surface area contributed by atoms with Crippen molar-refractivity contribution in [3.63, 3.8) is 0 Å². The van der Waals surface area contributed by atoms with E-state index in [0.29, 0.717) is 11.3 Å². The van der Waals surface area contributed by atoms with Crippen LogP contribution in [0, 0.1) is 3.57 Å². The van der Waals surface area contributed by atoms with Crippen LogP contribution in [-0.4, -0.2) is 16.6 Å². The first kappa shape index (κ1) is 15.8. The fourth-order valence-electron chi connectivity index (χ4n) is 1.56. The van der Waals surface area contributed by atoms with Crippen molar-refractivity contribution in [2.45, 2.75) is 11.9 Å². The minimum atomic E-state index is -0.131. The number of aromatic nitrogens is 1. The Hall–Kier alpha value is -0.600. The molecule has 0 aliphatic carbocycles. The van der Waals surface area contributed by atoms with Gasteiger partial charge in [-0.1, -0.05) is 22.9 Å². The molecule has 0 spiro atoms. The summed E-state index contributed by atoms with van der Waals surface area (Å²) in [5.74, 6) is 0.850. The average molecular weight is 463 g/mol. The first-order valence-electron chi connectivity index (χ1n) is 5.95. The van der Waals surface area contributed by atoms with E-state index in [-0.39, 0.29) is 5.91 Å². The number of nitrogens with zero attached hydrogens (tertiary/aromatic N) is 1. The number of pyridine rings is 1. The lowest BCUT2D eigenvalue weighted by atomic mass is 10.2. The van der Waals surface area contributed by atoms with Crippen LogP contribution in [0.2, 0.25) is 0 Å². The molecule has 0 radical (unpaired) electrons. The second kappa shape index (κ2) is 7.42. The largest absolute Gasteiger partial charge is 0.321 e. The molecule has 3 nitrogen and oxygen atoms in total. The fraction of sp³-hybridized carbons (Fsp3) is 0.143. The highest BCUT2D eigenvalue weighted by Crippen LogP contribution is 2.21. The molecular weight excluding hydrogens is 451 g/mol. The number of carbonyl (C=O) groups excluding carboxylic acids is 1. The topological polar surface area (TPSA) is 42.0 Å². The first-order valence-corrected chi connectivity index (χ1v) is 8.81. The van der Waals surface area contributed by atoms with E-state index in [0.717, 1.165) is 18.8 Å². The van der Waals surface area contributed by atoms with Crippen molar-refractivity contribution in [2.75, 3.05) is 11.1 Å². The third kappa shape index (κ3) is 4.20. The second-order valence-corrected chi connectivity index (χ2v) is 7.26. The normalized spacial score (nSPS) is 10.3. The molecule has 0 saturated carbocycles. The van der Waals surface area contributed by atoms with E-state index in [2.05, 4.69) is 55.7 Å². The minimum Gasteiger partial charge on any atom is -0.321 e. The number of benzene rings is 1. The van der Waals surface area contributed by atoms with Crippen LogP contribution in [0.15, 0.2) is 46.0 Å². The molecule has 1 aromatic carbocycles. The predicted molar refractivity (Wildman–Crippen MR) is 95.4 cm³/mol. The first-order chi connectivity index (χ1) is 9.60. The summed E-state index contributed by atoms with van der Waals surface area (Å²) in [7, 11) is 0. The maximum absolute atomic E-state index is 12.2. The maximum atomic E-state index is 12.2. The molecule has 1 N–H and O–H groups in total. The third-order valence-electron chi connectivity index (χ3n) is 2.46. The van der Waals surface area contributed by atoms with Crippen molar-refractivity contribution >= 4 is 61.9 Å². The molecule has 0 bridgehead atoms. The van der Waals surface area contributed by atoms with E-state index in [9.17, 15) is 4.79 Å². The molecule has 0 aliphatic heterocycles. The number of halogens is 2. The number of hydrogen-bond acceptors (Lipinski definition) is 3. The zero-order valence-electron chi connectivity index (χ0n) is 10.7. The highest BCUT2D eigenvalue weighted by Gasteiger charge is 2.11. The lowest BCUT2D eigenvalue weighted by molar-refractivity contribution is 0.102. The highest BCUT2D eigenvalue weighted by molar-refractivity contribution is 14.1. The molecule has 1 aromatic heterocycles. The molecule has 0 unspecified atom stereocenters. The van der Waals surface area contributed by atoms with Gasteiger partial charge in [0.15, 0.2) is 0 Å². The molecule has 1 heterocycles. The van der Waals surface area contributed by atoms with Crippen LogP contribution in [0.5, 0.6) is 0 Å². The summed E-state index contributed by atoms with van der Waals surface area (Å²) < 4.78 is 1.80. The summed E-state index contributed by atoms with van der Waals surface area (Å²) >= 11 is 7.20. The molecule has 0 atom stereocenters. The van der Waals surface area contributed by atoms with Crippen LogP contribution in [-0.2, 0) is 0 Å². The van der Waals surface area contributed by atoms with Crippen molar-refractivity contribution in [2.24, 2.45) is 0 Å². The van der Waals surface area contributed by atoms with E-state index in [4.69, 9.17) is 0 Å². The van der Waals surface area contributed by atoms with Crippen molar-refractivity contribution in [1.82, 2.24) is 4.98 Å². The SMILES string of the molecule is CCSc1ccc(NC(=O)c2cc(Br)ccc2I)cn1. The molecule has 2 aromatic rings. The van der Waals surface area contributed by atoms with Crippen molar-refractivity contribution in [3.8, 4) is 0 Å². The van der Waals surface area contributed by atoms with Gasteiger partial charge in [-0.15, -0.1) is 11.8 Å². The molecule has 20 heavy (non-hydrogen) atoms. The van der Waals surface area contributed by atoms with Gasteiger partial charge in [0.2, 0.25) is 0 Å². The third-order valence-corrected chi connectivity index (χ3v) is 4.72. The number of nitrogens with one attached hydrogen (secondary N) is 1. The van der Waals surface area contributed by atoms with Gasteiger partial charge in [0.05, 0.1) is 22.5 Å². The average Bonchev–Trinajstić information content (AvgIpc) is 2.44.